The standard InChI is InChI=1S/C12H21NO3/c1-9(7-12(2)15-5-6-16-12)8-13-11(14)10-3-4-10/h9-10H,3-8H2,1-2H3,(H,13,14). The van der Waals surface area contributed by atoms with E-state index in [9.17, 15) is 4.79 Å². The maximum Gasteiger partial charge on any atom is 0.223 e. The van der Waals surface area contributed by atoms with Crippen molar-refractivity contribution in [2.75, 3.05) is 19.8 Å². The van der Waals surface area contributed by atoms with Gasteiger partial charge in [-0.2, -0.15) is 0 Å². The van der Waals surface area contributed by atoms with Crippen molar-refractivity contribution in [1.82, 2.24) is 5.32 Å². The molecule has 1 heterocycles. The summed E-state index contributed by atoms with van der Waals surface area (Å²) in [5.74, 6) is 0.446. The van der Waals surface area contributed by atoms with Crippen LogP contribution in [-0.4, -0.2) is 31.5 Å². The van der Waals surface area contributed by atoms with Gasteiger partial charge in [-0.1, -0.05) is 6.92 Å². The Morgan fingerprint density at radius 3 is 2.62 bits per heavy atom. The van der Waals surface area contributed by atoms with E-state index in [0.717, 1.165) is 25.8 Å². The lowest BCUT2D eigenvalue weighted by atomic mass is 10.0. The molecule has 1 saturated heterocycles. The van der Waals surface area contributed by atoms with Gasteiger partial charge in [0.25, 0.3) is 0 Å². The molecule has 2 fully saturated rings. The first-order chi connectivity index (χ1) is 7.59. The topological polar surface area (TPSA) is 47.6 Å². The van der Waals surface area contributed by atoms with Crippen LogP contribution in [0.3, 0.4) is 0 Å². The molecule has 2 rings (SSSR count). The predicted octanol–water partition coefficient (Wildman–Crippen LogP) is 1.30. The number of nitrogens with one attached hydrogen (secondary N) is 1. The number of ether oxygens (including phenoxy) is 2. The fourth-order valence-electron chi connectivity index (χ4n) is 2.14. The SMILES string of the molecule is CC(CNC(=O)C1CC1)CC1(C)OCCO1. The second kappa shape index (κ2) is 4.72. The first-order valence-corrected chi connectivity index (χ1v) is 6.15. The smallest absolute Gasteiger partial charge is 0.223 e. The quantitative estimate of drug-likeness (QED) is 0.770. The van der Waals surface area contributed by atoms with Gasteiger partial charge in [0.05, 0.1) is 13.2 Å². The van der Waals surface area contributed by atoms with Crippen molar-refractivity contribution in [3.63, 3.8) is 0 Å². The highest BCUT2D eigenvalue weighted by molar-refractivity contribution is 5.80. The van der Waals surface area contributed by atoms with Crippen LogP contribution in [0.15, 0.2) is 0 Å². The molecule has 92 valence electrons. The van der Waals surface area contributed by atoms with Crippen molar-refractivity contribution >= 4 is 5.91 Å². The summed E-state index contributed by atoms with van der Waals surface area (Å²) in [7, 11) is 0. The minimum atomic E-state index is -0.441. The third-order valence-electron chi connectivity index (χ3n) is 3.19. The summed E-state index contributed by atoms with van der Waals surface area (Å²) >= 11 is 0. The van der Waals surface area contributed by atoms with E-state index in [1.165, 1.54) is 0 Å². The molecule has 4 nitrogen and oxygen atoms in total. The largest absolute Gasteiger partial charge is 0.356 e. The fraction of sp³-hybridized carbons (Fsp3) is 0.917. The molecule has 0 aromatic carbocycles. The predicted molar refractivity (Wildman–Crippen MR) is 59.8 cm³/mol. The lowest BCUT2D eigenvalue weighted by Crippen LogP contribution is -2.34. The maximum atomic E-state index is 11.5. The number of hydrogen-bond acceptors (Lipinski definition) is 3. The Kier molecular flexibility index (Phi) is 3.50. The molecular weight excluding hydrogens is 206 g/mol. The summed E-state index contributed by atoms with van der Waals surface area (Å²) < 4.78 is 11.1. The fourth-order valence-corrected chi connectivity index (χ4v) is 2.14. The lowest BCUT2D eigenvalue weighted by Gasteiger charge is -2.26. The molecule has 0 radical (unpaired) electrons. The first kappa shape index (κ1) is 11.9. The molecule has 16 heavy (non-hydrogen) atoms. The molecule has 1 N–H and O–H groups in total. The van der Waals surface area contributed by atoms with Crippen molar-refractivity contribution in [3.8, 4) is 0 Å². The van der Waals surface area contributed by atoms with Gasteiger partial charge in [-0.3, -0.25) is 4.79 Å². The van der Waals surface area contributed by atoms with Crippen LogP contribution in [0.2, 0.25) is 0 Å². The monoisotopic (exact) mass is 227 g/mol. The van der Waals surface area contributed by atoms with Gasteiger partial charge in [0.1, 0.15) is 0 Å². The van der Waals surface area contributed by atoms with Crippen LogP contribution in [0.5, 0.6) is 0 Å². The number of carbonyl (C=O) groups is 1. The number of carbonyl (C=O) groups excluding carboxylic acids is 1. The van der Waals surface area contributed by atoms with E-state index in [4.69, 9.17) is 9.47 Å². The summed E-state index contributed by atoms with van der Waals surface area (Å²) in [6.07, 6.45) is 2.95. The van der Waals surface area contributed by atoms with Gasteiger partial charge in [0.2, 0.25) is 5.91 Å². The summed E-state index contributed by atoms with van der Waals surface area (Å²) in [5.41, 5.74) is 0. The van der Waals surface area contributed by atoms with Gasteiger partial charge >= 0.3 is 0 Å². The second-order valence-electron chi connectivity index (χ2n) is 5.16. The van der Waals surface area contributed by atoms with Gasteiger partial charge < -0.3 is 14.8 Å². The third-order valence-corrected chi connectivity index (χ3v) is 3.19. The van der Waals surface area contributed by atoms with Gasteiger partial charge in [-0.25, -0.2) is 0 Å². The molecule has 0 aromatic heterocycles. The molecular formula is C12H21NO3. The molecule has 1 unspecified atom stereocenters. The van der Waals surface area contributed by atoms with E-state index in [2.05, 4.69) is 12.2 Å². The van der Waals surface area contributed by atoms with Gasteiger partial charge in [0.15, 0.2) is 5.79 Å². The Morgan fingerprint density at radius 2 is 2.06 bits per heavy atom. The number of amides is 1. The van der Waals surface area contributed by atoms with E-state index in [1.807, 2.05) is 6.92 Å². The van der Waals surface area contributed by atoms with Gasteiger partial charge in [-0.15, -0.1) is 0 Å². The summed E-state index contributed by atoms with van der Waals surface area (Å²) in [6, 6.07) is 0. The minimum absolute atomic E-state index is 0.213. The van der Waals surface area contributed by atoms with Crippen LogP contribution in [-0.2, 0) is 14.3 Å². The van der Waals surface area contributed by atoms with Crippen LogP contribution in [0, 0.1) is 11.8 Å². The van der Waals surface area contributed by atoms with Crippen molar-refractivity contribution < 1.29 is 14.3 Å². The normalized spacial score (nSPS) is 25.4. The zero-order valence-electron chi connectivity index (χ0n) is 10.1. The van der Waals surface area contributed by atoms with Crippen LogP contribution in [0.25, 0.3) is 0 Å². The molecule has 0 spiro atoms. The zero-order chi connectivity index (χ0) is 11.6. The summed E-state index contributed by atoms with van der Waals surface area (Å²) in [5, 5.41) is 2.99. The van der Waals surface area contributed by atoms with E-state index in [-0.39, 0.29) is 5.91 Å². The Labute approximate surface area is 96.7 Å². The van der Waals surface area contributed by atoms with E-state index < -0.39 is 5.79 Å². The Hall–Kier alpha value is -0.610. The zero-order valence-corrected chi connectivity index (χ0v) is 10.1. The third kappa shape index (κ3) is 3.19. The molecule has 4 heteroatoms. The molecule has 0 bridgehead atoms. The van der Waals surface area contributed by atoms with Crippen molar-refractivity contribution in [3.05, 3.63) is 0 Å². The van der Waals surface area contributed by atoms with Crippen molar-refractivity contribution in [2.45, 2.75) is 38.9 Å². The molecule has 1 aliphatic heterocycles. The lowest BCUT2D eigenvalue weighted by molar-refractivity contribution is -0.154. The van der Waals surface area contributed by atoms with Crippen LogP contribution >= 0.6 is 0 Å². The van der Waals surface area contributed by atoms with E-state index in [0.29, 0.717) is 25.0 Å². The van der Waals surface area contributed by atoms with Crippen LogP contribution < -0.4 is 5.32 Å². The minimum Gasteiger partial charge on any atom is -0.356 e. The van der Waals surface area contributed by atoms with Crippen LogP contribution in [0.4, 0.5) is 0 Å². The molecule has 1 amide bonds. The van der Waals surface area contributed by atoms with E-state index >= 15 is 0 Å². The highest BCUT2D eigenvalue weighted by Gasteiger charge is 2.33. The van der Waals surface area contributed by atoms with Gasteiger partial charge in [0, 0.05) is 18.9 Å². The van der Waals surface area contributed by atoms with E-state index in [1.54, 1.807) is 0 Å². The first-order valence-electron chi connectivity index (χ1n) is 6.15. The van der Waals surface area contributed by atoms with Crippen LogP contribution in [0.1, 0.15) is 33.1 Å². The maximum absolute atomic E-state index is 11.5. The average molecular weight is 227 g/mol. The van der Waals surface area contributed by atoms with Crippen molar-refractivity contribution in [2.24, 2.45) is 11.8 Å². The highest BCUT2D eigenvalue weighted by Crippen LogP contribution is 2.29. The molecule has 2 aliphatic rings. The Balaban J connectivity index is 1.66. The molecule has 0 aromatic rings. The summed E-state index contributed by atoms with van der Waals surface area (Å²) in [6.45, 7) is 6.16. The highest BCUT2D eigenvalue weighted by atomic mass is 16.7. The Morgan fingerprint density at radius 1 is 1.44 bits per heavy atom. The average Bonchev–Trinajstić information content (AvgIpc) is 2.99. The number of hydrogen-bond donors (Lipinski definition) is 1. The van der Waals surface area contributed by atoms with Gasteiger partial charge in [-0.05, 0) is 25.7 Å². The molecule has 1 saturated carbocycles. The van der Waals surface area contributed by atoms with Crippen molar-refractivity contribution in [1.29, 1.82) is 0 Å². The Bertz CT molecular complexity index is 257. The number of rotatable bonds is 5. The molecule has 1 aliphatic carbocycles. The molecule has 1 atom stereocenters. The summed E-state index contributed by atoms with van der Waals surface area (Å²) in [4.78, 5) is 11.5. The second-order valence-corrected chi connectivity index (χ2v) is 5.16.